The number of aromatic nitrogens is 5. The van der Waals surface area contributed by atoms with E-state index in [1.807, 2.05) is 72.8 Å². The molecule has 0 aliphatic rings. The van der Waals surface area contributed by atoms with Crippen molar-refractivity contribution in [3.8, 4) is 56.7 Å². The van der Waals surface area contributed by atoms with Crippen LogP contribution in [-0.2, 0) is 0 Å². The van der Waals surface area contributed by atoms with E-state index in [2.05, 4.69) is 135 Å². The van der Waals surface area contributed by atoms with Crippen LogP contribution in [0.3, 0.4) is 0 Å². The second-order valence-corrected chi connectivity index (χ2v) is 14.3. The first kappa shape index (κ1) is 33.2. The molecule has 0 bridgehead atoms. The number of hydrogen-bond acceptors (Lipinski definition) is 3. The van der Waals surface area contributed by atoms with Gasteiger partial charge in [-0.3, -0.25) is 0 Å². The number of para-hydroxylation sites is 4. The summed E-state index contributed by atoms with van der Waals surface area (Å²) < 4.78 is 4.76. The Morgan fingerprint density at radius 1 is 0.379 bits per heavy atom. The Morgan fingerprint density at radius 3 is 1.55 bits per heavy atom. The van der Waals surface area contributed by atoms with Gasteiger partial charge in [0.2, 0.25) is 0 Å². The van der Waals surface area contributed by atoms with Crippen LogP contribution in [0.1, 0.15) is 0 Å². The molecule has 3 aromatic heterocycles. The van der Waals surface area contributed by atoms with E-state index in [1.165, 1.54) is 10.8 Å². The van der Waals surface area contributed by atoms with Gasteiger partial charge < -0.3 is 9.13 Å². The number of rotatable bonds is 6. The molecule has 0 spiro atoms. The van der Waals surface area contributed by atoms with Crippen molar-refractivity contribution in [1.82, 2.24) is 24.1 Å². The fraction of sp³-hybridized carbons (Fsp3) is 0. The molecule has 0 unspecified atom stereocenters. The first-order valence-electron chi connectivity index (χ1n) is 19.2. The van der Waals surface area contributed by atoms with Crippen molar-refractivity contribution in [2.24, 2.45) is 0 Å². The van der Waals surface area contributed by atoms with Gasteiger partial charge in [-0.25, -0.2) is 19.8 Å². The van der Waals surface area contributed by atoms with Crippen LogP contribution >= 0.6 is 0 Å². The number of hydrogen-bond donors (Lipinski definition) is 0. The maximum absolute atomic E-state index is 8.52. The van der Waals surface area contributed by atoms with Crippen LogP contribution in [-0.4, -0.2) is 24.1 Å². The van der Waals surface area contributed by atoms with E-state index < -0.39 is 0 Å². The van der Waals surface area contributed by atoms with Crippen LogP contribution in [0.2, 0.25) is 0 Å². The lowest BCUT2D eigenvalue weighted by Gasteiger charge is -2.14. The van der Waals surface area contributed by atoms with Gasteiger partial charge in [0.05, 0.1) is 28.6 Å². The van der Waals surface area contributed by atoms with Crippen LogP contribution < -0.4 is 0 Å². The second kappa shape index (κ2) is 13.6. The second-order valence-electron chi connectivity index (χ2n) is 14.3. The predicted molar refractivity (Wildman–Crippen MR) is 237 cm³/mol. The monoisotopic (exact) mass is 740 g/mol. The van der Waals surface area contributed by atoms with Crippen molar-refractivity contribution in [3.63, 3.8) is 0 Å². The van der Waals surface area contributed by atoms with E-state index in [0.29, 0.717) is 23.2 Å². The minimum atomic E-state index is 0.512. The number of fused-ring (bicyclic) bond motifs is 7. The largest absolute Gasteiger partial charge is 0.309 e. The molecule has 0 aliphatic carbocycles. The molecule has 6 nitrogen and oxygen atoms in total. The average molecular weight is 741 g/mol. The van der Waals surface area contributed by atoms with Gasteiger partial charge in [0.25, 0.3) is 0 Å². The quantitative estimate of drug-likeness (QED) is 0.160. The molecule has 6 heteroatoms. The lowest BCUT2D eigenvalue weighted by atomic mass is 9.98. The van der Waals surface area contributed by atoms with E-state index in [1.54, 1.807) is 0 Å². The smallest absolute Gasteiger partial charge is 0.195 e. The highest BCUT2D eigenvalue weighted by molar-refractivity contribution is 6.27. The molecule has 3 heterocycles. The van der Waals surface area contributed by atoms with Crippen LogP contribution in [0.25, 0.3) is 105 Å². The molecule has 11 aromatic rings. The molecule has 0 aliphatic heterocycles. The SMILES string of the molecule is [C-]#[N+]c1cc(-c2nc(-c3ccccc3)nc(-c3ccccc3)n2)ccc1-c1cccc2c3ccc4c(c5ccccc5n4-c4ccccc4)c3n(-c3ccccc3)c12. The molecule has 270 valence electrons. The van der Waals surface area contributed by atoms with Crippen molar-refractivity contribution in [1.29, 1.82) is 0 Å². The standard InChI is InChI=1S/C52H32N6/c1-53-44-33-36(52-55-50(34-17-6-2-7-18-34)54-51(56-52)35-19-8-3-9-20-35)29-30-39(44)40-26-16-27-41-42-31-32-46-47(49(42)58(48(40)41)38-23-12-5-13-24-38)43-25-14-15-28-45(43)57(46)37-21-10-4-11-22-37/h2-33H. The summed E-state index contributed by atoms with van der Waals surface area (Å²) in [4.78, 5) is 18.9. The summed E-state index contributed by atoms with van der Waals surface area (Å²) in [6.45, 7) is 8.52. The van der Waals surface area contributed by atoms with Crippen LogP contribution in [0.15, 0.2) is 194 Å². The zero-order chi connectivity index (χ0) is 38.6. The summed E-state index contributed by atoms with van der Waals surface area (Å²) in [5.41, 5.74) is 11.5. The van der Waals surface area contributed by atoms with E-state index in [-0.39, 0.29) is 0 Å². The van der Waals surface area contributed by atoms with Crippen LogP contribution in [0.4, 0.5) is 5.69 Å². The Hall–Kier alpha value is -8.14. The van der Waals surface area contributed by atoms with Gasteiger partial charge in [-0.2, -0.15) is 0 Å². The topological polar surface area (TPSA) is 52.9 Å². The van der Waals surface area contributed by atoms with Gasteiger partial charge in [-0.15, -0.1) is 0 Å². The predicted octanol–water partition coefficient (Wildman–Crippen LogP) is 13.3. The Labute approximate surface area is 334 Å². The van der Waals surface area contributed by atoms with E-state index in [0.717, 1.165) is 72.0 Å². The average Bonchev–Trinajstić information content (AvgIpc) is 3.83. The van der Waals surface area contributed by atoms with E-state index in [4.69, 9.17) is 21.5 Å². The zero-order valence-electron chi connectivity index (χ0n) is 31.2. The molecule has 58 heavy (non-hydrogen) atoms. The summed E-state index contributed by atoms with van der Waals surface area (Å²) in [6.07, 6.45) is 0. The number of benzene rings is 8. The highest BCUT2D eigenvalue weighted by Crippen LogP contribution is 2.46. The lowest BCUT2D eigenvalue weighted by Crippen LogP contribution is -2.00. The third-order valence-electron chi connectivity index (χ3n) is 11.0. The number of nitrogens with zero attached hydrogens (tertiary/aromatic N) is 6. The highest BCUT2D eigenvalue weighted by Gasteiger charge is 2.24. The zero-order valence-corrected chi connectivity index (χ0v) is 31.2. The Balaban J connectivity index is 1.17. The van der Waals surface area contributed by atoms with Gasteiger partial charge in [0.15, 0.2) is 23.2 Å². The highest BCUT2D eigenvalue weighted by atomic mass is 15.0. The summed E-state index contributed by atoms with van der Waals surface area (Å²) in [6, 6.07) is 66.7. The van der Waals surface area contributed by atoms with Crippen molar-refractivity contribution < 1.29 is 0 Å². The minimum Gasteiger partial charge on any atom is -0.309 e. The van der Waals surface area contributed by atoms with Crippen molar-refractivity contribution >= 4 is 49.3 Å². The molecule has 0 saturated carbocycles. The molecule has 8 aromatic carbocycles. The summed E-state index contributed by atoms with van der Waals surface area (Å²) in [5.74, 6) is 1.67. The molecule has 11 rings (SSSR count). The van der Waals surface area contributed by atoms with Gasteiger partial charge in [-0.05, 0) is 53.6 Å². The summed E-state index contributed by atoms with van der Waals surface area (Å²) in [7, 11) is 0. The molecule has 0 saturated heterocycles. The Bertz CT molecular complexity index is 3320. The summed E-state index contributed by atoms with van der Waals surface area (Å²) >= 11 is 0. The maximum Gasteiger partial charge on any atom is 0.195 e. The van der Waals surface area contributed by atoms with Crippen molar-refractivity contribution in [3.05, 3.63) is 206 Å². The fourth-order valence-corrected chi connectivity index (χ4v) is 8.44. The van der Waals surface area contributed by atoms with Gasteiger partial charge in [-0.1, -0.05) is 152 Å². The first-order valence-corrected chi connectivity index (χ1v) is 19.2. The van der Waals surface area contributed by atoms with E-state index >= 15 is 0 Å². The molecule has 0 fully saturated rings. The van der Waals surface area contributed by atoms with Crippen LogP contribution in [0, 0.1) is 6.57 Å². The molecule has 0 atom stereocenters. The molecular formula is C52H32N6. The minimum absolute atomic E-state index is 0.512. The van der Waals surface area contributed by atoms with Gasteiger partial charge in [0.1, 0.15) is 0 Å². The molecular weight excluding hydrogens is 709 g/mol. The van der Waals surface area contributed by atoms with Gasteiger partial charge in [0, 0.05) is 49.6 Å². The van der Waals surface area contributed by atoms with Crippen molar-refractivity contribution in [2.45, 2.75) is 0 Å². The fourth-order valence-electron chi connectivity index (χ4n) is 8.44. The van der Waals surface area contributed by atoms with Crippen LogP contribution in [0.5, 0.6) is 0 Å². The summed E-state index contributed by atoms with van der Waals surface area (Å²) in [5, 5.41) is 4.63. The molecule has 0 amide bonds. The van der Waals surface area contributed by atoms with Gasteiger partial charge >= 0.3 is 0 Å². The normalized spacial score (nSPS) is 11.4. The van der Waals surface area contributed by atoms with Crippen molar-refractivity contribution in [2.75, 3.05) is 0 Å². The maximum atomic E-state index is 8.52. The Morgan fingerprint density at radius 2 is 0.914 bits per heavy atom. The Kier molecular flexibility index (Phi) is 7.76. The van der Waals surface area contributed by atoms with E-state index in [9.17, 15) is 0 Å². The third kappa shape index (κ3) is 5.30. The molecule has 0 N–H and O–H groups in total. The lowest BCUT2D eigenvalue weighted by molar-refractivity contribution is 1.07. The molecule has 0 radical (unpaired) electrons. The third-order valence-corrected chi connectivity index (χ3v) is 11.0. The first-order chi connectivity index (χ1) is 28.7.